The van der Waals surface area contributed by atoms with Crippen molar-refractivity contribution in [3.05, 3.63) is 0 Å². The average molecular weight is 257 g/mol. The maximum Gasteiger partial charge on any atom is 0.410 e. The fourth-order valence-electron chi connectivity index (χ4n) is 2.13. The zero-order chi connectivity index (χ0) is 13.6. The number of carbonyl (C=O) groups is 1. The molecular weight excluding hydrogens is 230 g/mol. The molecule has 0 saturated carbocycles. The first-order chi connectivity index (χ1) is 8.42. The molecule has 1 heterocycles. The second-order valence-electron chi connectivity index (χ2n) is 6.18. The van der Waals surface area contributed by atoms with Crippen LogP contribution < -0.4 is 0 Å². The first-order valence-corrected chi connectivity index (χ1v) is 7.01. The van der Waals surface area contributed by atoms with Crippen LogP contribution in [0.2, 0.25) is 0 Å². The van der Waals surface area contributed by atoms with Gasteiger partial charge in [0.2, 0.25) is 0 Å². The molecule has 0 aromatic rings. The molecule has 0 spiro atoms. The Morgan fingerprint density at radius 3 is 2.39 bits per heavy atom. The zero-order valence-corrected chi connectivity index (χ0v) is 11.9. The lowest BCUT2D eigenvalue weighted by atomic mass is 9.94. The lowest BCUT2D eigenvalue weighted by molar-refractivity contribution is -0.00243. The summed E-state index contributed by atoms with van der Waals surface area (Å²) in [6.07, 6.45) is 5.41. The van der Waals surface area contributed by atoms with Gasteiger partial charge in [-0.3, -0.25) is 0 Å². The van der Waals surface area contributed by atoms with Gasteiger partial charge in [-0.15, -0.1) is 0 Å². The van der Waals surface area contributed by atoms with E-state index in [1.165, 1.54) is 19.3 Å². The van der Waals surface area contributed by atoms with Gasteiger partial charge in [0.05, 0.1) is 0 Å². The van der Waals surface area contributed by atoms with Crippen molar-refractivity contribution >= 4 is 6.09 Å². The molecule has 1 fully saturated rings. The molecule has 0 radical (unpaired) electrons. The molecule has 0 bridgehead atoms. The summed E-state index contributed by atoms with van der Waals surface area (Å²) in [5.41, 5.74) is -0.396. The quantitative estimate of drug-likeness (QED) is 0.744. The van der Waals surface area contributed by atoms with Crippen LogP contribution in [-0.4, -0.2) is 41.4 Å². The van der Waals surface area contributed by atoms with Crippen molar-refractivity contribution in [1.82, 2.24) is 4.90 Å². The Morgan fingerprint density at radius 2 is 1.83 bits per heavy atom. The third-order valence-electron chi connectivity index (χ3n) is 3.13. The average Bonchev–Trinajstić information content (AvgIpc) is 2.17. The first kappa shape index (κ1) is 15.3. The first-order valence-electron chi connectivity index (χ1n) is 7.01. The summed E-state index contributed by atoms with van der Waals surface area (Å²) in [7, 11) is 0. The number of aliphatic hydroxyl groups excluding tert-OH is 1. The van der Waals surface area contributed by atoms with Crippen LogP contribution in [-0.2, 0) is 4.74 Å². The monoisotopic (exact) mass is 257 g/mol. The summed E-state index contributed by atoms with van der Waals surface area (Å²) in [5, 5.41) is 8.66. The minimum Gasteiger partial charge on any atom is -0.444 e. The van der Waals surface area contributed by atoms with Crippen molar-refractivity contribution in [3.8, 4) is 0 Å². The van der Waals surface area contributed by atoms with Crippen LogP contribution in [0.4, 0.5) is 4.79 Å². The summed E-state index contributed by atoms with van der Waals surface area (Å²) >= 11 is 0. The largest absolute Gasteiger partial charge is 0.444 e. The molecule has 0 aromatic heterocycles. The number of aliphatic hydroxyl groups is 1. The third kappa shape index (κ3) is 5.71. The van der Waals surface area contributed by atoms with Crippen LogP contribution in [0.3, 0.4) is 0 Å². The Bertz CT molecular complexity index is 254. The van der Waals surface area contributed by atoms with Gasteiger partial charge in [-0.25, -0.2) is 4.79 Å². The van der Waals surface area contributed by atoms with E-state index >= 15 is 0 Å². The molecule has 1 amide bonds. The molecule has 4 heteroatoms. The number of rotatable bonds is 6. The van der Waals surface area contributed by atoms with Crippen LogP contribution in [0, 0.1) is 5.92 Å². The normalized spacial score (nSPS) is 16.6. The predicted octanol–water partition coefficient (Wildman–Crippen LogP) is 2.80. The standard InChI is InChI=1S/C14H27NO3/c1-14(2,3)18-13(17)15-10-12(11-15)8-6-4-5-7-9-16/h12,16H,4-11H2,1-3H3. The zero-order valence-electron chi connectivity index (χ0n) is 11.9. The van der Waals surface area contributed by atoms with Crippen molar-refractivity contribution in [2.75, 3.05) is 19.7 Å². The van der Waals surface area contributed by atoms with Crippen molar-refractivity contribution in [2.45, 2.75) is 58.5 Å². The molecule has 0 unspecified atom stereocenters. The molecule has 1 saturated heterocycles. The van der Waals surface area contributed by atoms with Gasteiger partial charge < -0.3 is 14.7 Å². The number of ether oxygens (including phenoxy) is 1. The Hall–Kier alpha value is -0.770. The SMILES string of the molecule is CC(C)(C)OC(=O)N1CC(CCCCCCO)C1. The fourth-order valence-corrected chi connectivity index (χ4v) is 2.13. The van der Waals surface area contributed by atoms with Crippen molar-refractivity contribution in [3.63, 3.8) is 0 Å². The van der Waals surface area contributed by atoms with Crippen LogP contribution in [0.25, 0.3) is 0 Å². The molecule has 0 aromatic carbocycles. The highest BCUT2D eigenvalue weighted by Crippen LogP contribution is 2.24. The molecule has 1 N–H and O–H groups in total. The maximum absolute atomic E-state index is 11.7. The van der Waals surface area contributed by atoms with Gasteiger partial charge >= 0.3 is 6.09 Å². The van der Waals surface area contributed by atoms with Crippen LogP contribution in [0.5, 0.6) is 0 Å². The minimum absolute atomic E-state index is 0.181. The highest BCUT2D eigenvalue weighted by Gasteiger charge is 2.32. The fraction of sp³-hybridized carbons (Fsp3) is 0.929. The third-order valence-corrected chi connectivity index (χ3v) is 3.13. The highest BCUT2D eigenvalue weighted by molar-refractivity contribution is 5.69. The van der Waals surface area contributed by atoms with E-state index in [2.05, 4.69) is 0 Å². The van der Waals surface area contributed by atoms with Gasteiger partial charge in [-0.1, -0.05) is 19.3 Å². The lowest BCUT2D eigenvalue weighted by Crippen LogP contribution is -2.51. The summed E-state index contributed by atoms with van der Waals surface area (Å²) in [5.74, 6) is 0.645. The molecular formula is C14H27NO3. The van der Waals surface area contributed by atoms with E-state index in [9.17, 15) is 4.79 Å². The number of hydrogen-bond acceptors (Lipinski definition) is 3. The highest BCUT2D eigenvalue weighted by atomic mass is 16.6. The number of carbonyl (C=O) groups excluding carboxylic acids is 1. The summed E-state index contributed by atoms with van der Waals surface area (Å²) in [6, 6.07) is 0. The van der Waals surface area contributed by atoms with Crippen LogP contribution >= 0.6 is 0 Å². The molecule has 4 nitrogen and oxygen atoms in total. The number of hydrogen-bond donors (Lipinski definition) is 1. The van der Waals surface area contributed by atoms with Gasteiger partial charge in [0.1, 0.15) is 5.60 Å². The molecule has 1 rings (SSSR count). The van der Waals surface area contributed by atoms with E-state index in [-0.39, 0.29) is 6.09 Å². The summed E-state index contributed by atoms with van der Waals surface area (Å²) in [6.45, 7) is 7.66. The van der Waals surface area contributed by atoms with Gasteiger partial charge in [0, 0.05) is 19.7 Å². The van der Waals surface area contributed by atoms with E-state index in [1.54, 1.807) is 4.90 Å². The number of amides is 1. The Morgan fingerprint density at radius 1 is 1.22 bits per heavy atom. The molecule has 1 aliphatic rings. The molecule has 18 heavy (non-hydrogen) atoms. The van der Waals surface area contributed by atoms with Gasteiger partial charge in [0.25, 0.3) is 0 Å². The second-order valence-corrected chi connectivity index (χ2v) is 6.18. The predicted molar refractivity (Wildman–Crippen MR) is 71.5 cm³/mol. The van der Waals surface area contributed by atoms with E-state index in [0.717, 1.165) is 25.9 Å². The topological polar surface area (TPSA) is 49.8 Å². The summed E-state index contributed by atoms with van der Waals surface area (Å²) in [4.78, 5) is 13.5. The van der Waals surface area contributed by atoms with Crippen molar-refractivity contribution in [2.24, 2.45) is 5.92 Å². The molecule has 106 valence electrons. The Balaban J connectivity index is 2.04. The van der Waals surface area contributed by atoms with Gasteiger partial charge in [0.15, 0.2) is 0 Å². The second kappa shape index (κ2) is 6.98. The van der Waals surface area contributed by atoms with E-state index < -0.39 is 5.60 Å². The van der Waals surface area contributed by atoms with Crippen LogP contribution in [0.1, 0.15) is 52.9 Å². The van der Waals surface area contributed by atoms with Crippen molar-refractivity contribution < 1.29 is 14.6 Å². The van der Waals surface area contributed by atoms with E-state index in [0.29, 0.717) is 12.5 Å². The molecule has 0 aliphatic carbocycles. The Labute approximate surface area is 110 Å². The number of nitrogens with zero attached hydrogens (tertiary/aromatic N) is 1. The van der Waals surface area contributed by atoms with Gasteiger partial charge in [-0.05, 0) is 39.5 Å². The van der Waals surface area contributed by atoms with Crippen LogP contribution in [0.15, 0.2) is 0 Å². The van der Waals surface area contributed by atoms with E-state index in [1.807, 2.05) is 20.8 Å². The number of likely N-dealkylation sites (tertiary alicyclic amines) is 1. The lowest BCUT2D eigenvalue weighted by Gasteiger charge is -2.39. The van der Waals surface area contributed by atoms with E-state index in [4.69, 9.17) is 9.84 Å². The minimum atomic E-state index is -0.396. The Kier molecular flexibility index (Phi) is 5.93. The smallest absolute Gasteiger partial charge is 0.410 e. The van der Waals surface area contributed by atoms with Gasteiger partial charge in [-0.2, -0.15) is 0 Å². The number of unbranched alkanes of at least 4 members (excludes halogenated alkanes) is 3. The maximum atomic E-state index is 11.7. The summed E-state index contributed by atoms with van der Waals surface area (Å²) < 4.78 is 5.31. The van der Waals surface area contributed by atoms with Crippen molar-refractivity contribution in [1.29, 1.82) is 0 Å². The molecule has 0 atom stereocenters. The molecule has 1 aliphatic heterocycles.